The number of hydrogen-bond acceptors (Lipinski definition) is 4. The van der Waals surface area contributed by atoms with Crippen LogP contribution in [0.5, 0.6) is 11.5 Å². The fourth-order valence-corrected chi connectivity index (χ4v) is 4.77. The second-order valence-electron chi connectivity index (χ2n) is 7.54. The van der Waals surface area contributed by atoms with Crippen LogP contribution in [-0.4, -0.2) is 43.3 Å². The normalized spacial score (nSPS) is 18.3. The molecule has 0 amide bonds. The number of carboxylic acid groups (broad SMARTS) is 1. The van der Waals surface area contributed by atoms with Crippen molar-refractivity contribution in [1.82, 2.24) is 4.90 Å². The summed E-state index contributed by atoms with van der Waals surface area (Å²) in [4.78, 5) is 13.5. The number of piperidine rings is 1. The van der Waals surface area contributed by atoms with Crippen LogP contribution in [0.1, 0.15) is 35.6 Å². The molecule has 0 bridgehead atoms. The third-order valence-electron chi connectivity index (χ3n) is 5.58. The number of rotatable bonds is 6. The Labute approximate surface area is 197 Å². The van der Waals surface area contributed by atoms with E-state index in [1.54, 1.807) is 12.1 Å². The average molecular weight is 537 g/mol. The van der Waals surface area contributed by atoms with Crippen LogP contribution in [-0.2, 0) is 11.0 Å². The number of nitrogens with zero attached hydrogens (tertiary/aromatic N) is 1. The van der Waals surface area contributed by atoms with Crippen LogP contribution in [0.2, 0.25) is 5.02 Å². The number of aliphatic carboxylic acids is 1. The summed E-state index contributed by atoms with van der Waals surface area (Å²) in [6.45, 7) is 0.676. The molecule has 3 rings (SSSR count). The van der Waals surface area contributed by atoms with Gasteiger partial charge in [0, 0.05) is 16.0 Å². The van der Waals surface area contributed by atoms with E-state index in [0.717, 1.165) is 12.1 Å². The Morgan fingerprint density at radius 1 is 1.19 bits per heavy atom. The fourth-order valence-electron chi connectivity index (χ4n) is 4.01. The van der Waals surface area contributed by atoms with Crippen molar-refractivity contribution >= 4 is 33.5 Å². The summed E-state index contributed by atoms with van der Waals surface area (Å²) in [5.74, 6) is -0.727. The monoisotopic (exact) mass is 535 g/mol. The number of methoxy groups -OCH3 is 2. The summed E-state index contributed by atoms with van der Waals surface area (Å²) < 4.78 is 51.8. The second kappa shape index (κ2) is 9.89. The van der Waals surface area contributed by atoms with Crippen molar-refractivity contribution in [2.45, 2.75) is 25.1 Å². The van der Waals surface area contributed by atoms with Gasteiger partial charge in [0.1, 0.15) is 0 Å². The van der Waals surface area contributed by atoms with Crippen LogP contribution in [0.15, 0.2) is 34.8 Å². The van der Waals surface area contributed by atoms with Crippen LogP contribution in [0.4, 0.5) is 13.2 Å². The minimum absolute atomic E-state index is 0.155. The van der Waals surface area contributed by atoms with Gasteiger partial charge in [-0.2, -0.15) is 13.2 Å². The first kappa shape index (κ1) is 24.7. The van der Waals surface area contributed by atoms with E-state index in [2.05, 4.69) is 15.9 Å². The lowest BCUT2D eigenvalue weighted by atomic mass is 9.90. The molecule has 1 fully saturated rings. The number of likely N-dealkylation sites (tertiary alicyclic amines) is 1. The third kappa shape index (κ3) is 5.15. The first-order valence-electron chi connectivity index (χ1n) is 9.81. The molecular formula is C22H22BrClF3NO4. The van der Waals surface area contributed by atoms with E-state index in [0.29, 0.717) is 40.9 Å². The van der Waals surface area contributed by atoms with Crippen molar-refractivity contribution in [3.63, 3.8) is 0 Å². The minimum atomic E-state index is -4.55. The Morgan fingerprint density at radius 2 is 1.84 bits per heavy atom. The summed E-state index contributed by atoms with van der Waals surface area (Å²) in [5, 5.41) is 9.70. The molecular weight excluding hydrogens is 515 g/mol. The smallest absolute Gasteiger partial charge is 0.416 e. The Morgan fingerprint density at radius 3 is 2.44 bits per heavy atom. The number of carbonyl (C=O) groups is 1. The summed E-state index contributed by atoms with van der Waals surface area (Å²) in [7, 11) is 2.94. The molecule has 1 aliphatic rings. The minimum Gasteiger partial charge on any atom is -0.493 e. The molecule has 174 valence electrons. The lowest BCUT2D eigenvalue weighted by Gasteiger charge is -2.38. The van der Waals surface area contributed by atoms with Crippen LogP contribution in [0, 0.1) is 5.92 Å². The van der Waals surface area contributed by atoms with Gasteiger partial charge in [0.25, 0.3) is 0 Å². The fraction of sp³-hybridized carbons (Fsp3) is 0.409. The second-order valence-corrected chi connectivity index (χ2v) is 8.80. The van der Waals surface area contributed by atoms with Gasteiger partial charge in [-0.05, 0) is 60.8 Å². The average Bonchev–Trinajstić information content (AvgIpc) is 2.75. The number of halogens is 5. The molecule has 0 saturated carbocycles. The van der Waals surface area contributed by atoms with Gasteiger partial charge >= 0.3 is 12.1 Å². The highest BCUT2D eigenvalue weighted by Gasteiger charge is 2.36. The van der Waals surface area contributed by atoms with E-state index >= 15 is 0 Å². The van der Waals surface area contributed by atoms with Gasteiger partial charge in [-0.15, -0.1) is 0 Å². The highest BCUT2D eigenvalue weighted by Crippen LogP contribution is 2.44. The predicted molar refractivity (Wildman–Crippen MR) is 117 cm³/mol. The molecule has 1 aliphatic heterocycles. The zero-order valence-corrected chi connectivity index (χ0v) is 19.7. The van der Waals surface area contributed by atoms with E-state index in [1.807, 2.05) is 4.90 Å². The van der Waals surface area contributed by atoms with Gasteiger partial charge in [0.2, 0.25) is 0 Å². The number of benzene rings is 2. The Bertz CT molecular complexity index is 1000. The number of alkyl halides is 3. The first-order valence-corrected chi connectivity index (χ1v) is 11.0. The van der Waals surface area contributed by atoms with Crippen molar-refractivity contribution in [3.05, 3.63) is 56.5 Å². The largest absolute Gasteiger partial charge is 0.493 e. The van der Waals surface area contributed by atoms with Crippen molar-refractivity contribution in [1.29, 1.82) is 0 Å². The molecule has 2 aromatic rings. The zero-order chi connectivity index (χ0) is 23.6. The lowest BCUT2D eigenvalue weighted by molar-refractivity contribution is -0.143. The number of ether oxygens (including phenoxy) is 2. The van der Waals surface area contributed by atoms with Gasteiger partial charge in [-0.25, -0.2) is 0 Å². The number of hydrogen-bond donors (Lipinski definition) is 1. The molecule has 1 saturated heterocycles. The lowest BCUT2D eigenvalue weighted by Crippen LogP contribution is -2.41. The molecule has 2 unspecified atom stereocenters. The van der Waals surface area contributed by atoms with E-state index in [9.17, 15) is 23.1 Å². The standard InChI is InChI=1S/C22H22BrClF3NO4/c1-31-18-9-14(16(23)10-19(18)32-2)20(28-7-3-4-12(11-28)21(29)30)15-8-13(22(25,26)27)5-6-17(15)24/h5-6,8-10,12,20H,3-4,7,11H2,1-2H3,(H,29,30). The quantitative estimate of drug-likeness (QED) is 0.489. The molecule has 2 atom stereocenters. The van der Waals surface area contributed by atoms with E-state index in [-0.39, 0.29) is 17.1 Å². The molecule has 1 heterocycles. The summed E-state index contributed by atoms with van der Waals surface area (Å²) in [6, 6.07) is 5.79. The van der Waals surface area contributed by atoms with Gasteiger partial charge in [-0.1, -0.05) is 27.5 Å². The zero-order valence-electron chi connectivity index (χ0n) is 17.4. The Hall–Kier alpha value is -1.97. The maximum atomic E-state index is 13.5. The molecule has 0 aliphatic carbocycles. The topological polar surface area (TPSA) is 59.0 Å². The highest BCUT2D eigenvalue weighted by molar-refractivity contribution is 9.10. The van der Waals surface area contributed by atoms with Gasteiger partial charge in [-0.3, -0.25) is 9.69 Å². The summed E-state index contributed by atoms with van der Waals surface area (Å²) in [5.41, 5.74) is 0.000608. The van der Waals surface area contributed by atoms with Crippen molar-refractivity contribution < 1.29 is 32.5 Å². The van der Waals surface area contributed by atoms with Crippen LogP contribution < -0.4 is 9.47 Å². The van der Waals surface area contributed by atoms with Gasteiger partial charge in [0.15, 0.2) is 11.5 Å². The van der Waals surface area contributed by atoms with Crippen molar-refractivity contribution in [2.75, 3.05) is 27.3 Å². The molecule has 0 spiro atoms. The summed E-state index contributed by atoms with van der Waals surface area (Å²) in [6.07, 6.45) is -3.46. The van der Waals surface area contributed by atoms with E-state index < -0.39 is 29.7 Å². The maximum absolute atomic E-state index is 13.5. The van der Waals surface area contributed by atoms with Gasteiger partial charge < -0.3 is 14.6 Å². The van der Waals surface area contributed by atoms with E-state index in [1.165, 1.54) is 20.3 Å². The maximum Gasteiger partial charge on any atom is 0.416 e. The molecule has 5 nitrogen and oxygen atoms in total. The highest BCUT2D eigenvalue weighted by atomic mass is 79.9. The molecule has 32 heavy (non-hydrogen) atoms. The van der Waals surface area contributed by atoms with Gasteiger partial charge in [0.05, 0.1) is 31.7 Å². The van der Waals surface area contributed by atoms with Crippen LogP contribution >= 0.6 is 27.5 Å². The Balaban J connectivity index is 2.21. The van der Waals surface area contributed by atoms with Crippen LogP contribution in [0.25, 0.3) is 0 Å². The van der Waals surface area contributed by atoms with Crippen molar-refractivity contribution in [2.24, 2.45) is 5.92 Å². The third-order valence-corrected chi connectivity index (χ3v) is 6.61. The summed E-state index contributed by atoms with van der Waals surface area (Å²) >= 11 is 9.91. The number of carboxylic acids is 1. The molecule has 1 N–H and O–H groups in total. The molecule has 2 aromatic carbocycles. The predicted octanol–water partition coefficient (Wildman–Crippen LogP) is 6.02. The Kier molecular flexibility index (Phi) is 7.62. The molecule has 10 heteroatoms. The van der Waals surface area contributed by atoms with E-state index in [4.69, 9.17) is 21.1 Å². The SMILES string of the molecule is COc1cc(Br)c(C(c2cc(C(F)(F)F)ccc2Cl)N2CCCC(C(=O)O)C2)cc1OC. The molecule has 0 aromatic heterocycles. The van der Waals surface area contributed by atoms with Crippen LogP contribution in [0.3, 0.4) is 0 Å². The molecule has 0 radical (unpaired) electrons. The first-order chi connectivity index (χ1) is 15.1. The van der Waals surface area contributed by atoms with Crippen molar-refractivity contribution in [3.8, 4) is 11.5 Å².